The van der Waals surface area contributed by atoms with Crippen molar-refractivity contribution in [3.63, 3.8) is 0 Å². The summed E-state index contributed by atoms with van der Waals surface area (Å²) in [7, 11) is -3.92. The van der Waals surface area contributed by atoms with Crippen LogP contribution in [0.2, 0.25) is 10.0 Å². The molecule has 0 aliphatic heterocycles. The third-order valence-corrected chi connectivity index (χ3v) is 4.75. The Morgan fingerprint density at radius 1 is 1.00 bits per heavy atom. The average molecular weight is 352 g/mol. The first-order chi connectivity index (χ1) is 9.79. The third-order valence-electron chi connectivity index (χ3n) is 2.63. The van der Waals surface area contributed by atoms with Crippen molar-refractivity contribution in [3.8, 4) is 0 Å². The Hall–Kier alpha value is -1.21. The van der Waals surface area contributed by atoms with Crippen molar-refractivity contribution >= 4 is 33.2 Å². The quantitative estimate of drug-likeness (QED) is 0.911. The van der Waals surface area contributed by atoms with Gasteiger partial charge < -0.3 is 0 Å². The fraction of sp³-hybridized carbons (Fsp3) is 0.0769. The summed E-state index contributed by atoms with van der Waals surface area (Å²) in [5, 5.41) is 0.227. The average Bonchev–Trinajstić information content (AvgIpc) is 2.43. The lowest BCUT2D eigenvalue weighted by Crippen LogP contribution is -2.23. The fourth-order valence-corrected chi connectivity index (χ4v) is 3.37. The van der Waals surface area contributed by atoms with E-state index in [1.54, 1.807) is 0 Å². The maximum absolute atomic E-state index is 13.0. The zero-order valence-corrected chi connectivity index (χ0v) is 12.7. The molecule has 112 valence electrons. The van der Waals surface area contributed by atoms with E-state index in [-0.39, 0.29) is 27.0 Å². The van der Waals surface area contributed by atoms with Crippen LogP contribution in [0, 0.1) is 11.6 Å². The first-order valence-corrected chi connectivity index (χ1v) is 7.92. The number of rotatable bonds is 4. The van der Waals surface area contributed by atoms with Crippen molar-refractivity contribution in [1.29, 1.82) is 0 Å². The summed E-state index contributed by atoms with van der Waals surface area (Å²) in [5.74, 6) is -2.05. The summed E-state index contributed by atoms with van der Waals surface area (Å²) in [6.45, 7) is -0.206. The Kier molecular flexibility index (Phi) is 4.83. The zero-order valence-electron chi connectivity index (χ0n) is 10.4. The van der Waals surface area contributed by atoms with E-state index in [0.717, 1.165) is 12.1 Å². The van der Waals surface area contributed by atoms with Gasteiger partial charge in [-0.05, 0) is 35.9 Å². The summed E-state index contributed by atoms with van der Waals surface area (Å²) in [6, 6.07) is 7.13. The molecule has 1 N–H and O–H groups in total. The molecule has 0 amide bonds. The second-order valence-electron chi connectivity index (χ2n) is 4.15. The van der Waals surface area contributed by atoms with Gasteiger partial charge in [0.2, 0.25) is 10.0 Å². The monoisotopic (exact) mass is 351 g/mol. The minimum Gasteiger partial charge on any atom is -0.207 e. The first-order valence-electron chi connectivity index (χ1n) is 5.68. The van der Waals surface area contributed by atoms with Crippen molar-refractivity contribution in [2.24, 2.45) is 0 Å². The van der Waals surface area contributed by atoms with Crippen molar-refractivity contribution < 1.29 is 17.2 Å². The van der Waals surface area contributed by atoms with Crippen LogP contribution < -0.4 is 4.72 Å². The molecule has 2 aromatic rings. The van der Waals surface area contributed by atoms with Crippen LogP contribution in [0.25, 0.3) is 0 Å². The molecule has 0 aromatic heterocycles. The number of hydrogen-bond acceptors (Lipinski definition) is 2. The molecular formula is C13H9Cl2F2NO2S. The Bertz CT molecular complexity index is 782. The largest absolute Gasteiger partial charge is 0.242 e. The molecule has 21 heavy (non-hydrogen) atoms. The molecule has 0 spiro atoms. The van der Waals surface area contributed by atoms with Gasteiger partial charge in [-0.3, -0.25) is 0 Å². The number of nitrogens with one attached hydrogen (secondary N) is 1. The highest BCUT2D eigenvalue weighted by Gasteiger charge is 2.18. The van der Waals surface area contributed by atoms with E-state index in [4.69, 9.17) is 23.2 Å². The maximum atomic E-state index is 13.0. The highest BCUT2D eigenvalue weighted by Crippen LogP contribution is 2.25. The maximum Gasteiger partial charge on any atom is 0.242 e. The molecule has 0 saturated heterocycles. The van der Waals surface area contributed by atoms with Crippen molar-refractivity contribution in [2.75, 3.05) is 0 Å². The van der Waals surface area contributed by atoms with E-state index < -0.39 is 21.7 Å². The van der Waals surface area contributed by atoms with E-state index in [2.05, 4.69) is 4.72 Å². The van der Waals surface area contributed by atoms with Crippen LogP contribution in [-0.4, -0.2) is 8.42 Å². The molecule has 0 aliphatic carbocycles. The van der Waals surface area contributed by atoms with Gasteiger partial charge in [-0.2, -0.15) is 0 Å². The van der Waals surface area contributed by atoms with E-state index in [1.165, 1.54) is 24.3 Å². The van der Waals surface area contributed by atoms with Crippen molar-refractivity contribution in [2.45, 2.75) is 11.4 Å². The van der Waals surface area contributed by atoms with Crippen LogP contribution in [0.1, 0.15) is 5.56 Å². The SMILES string of the molecule is O=S(=O)(NCc1ccc(F)c(F)c1)c1cc(Cl)ccc1Cl. The summed E-state index contributed by atoms with van der Waals surface area (Å²) >= 11 is 11.6. The molecule has 0 aliphatic rings. The van der Waals surface area contributed by atoms with Gasteiger partial charge in [0.15, 0.2) is 11.6 Å². The van der Waals surface area contributed by atoms with Crippen molar-refractivity contribution in [3.05, 3.63) is 63.6 Å². The smallest absolute Gasteiger partial charge is 0.207 e. The second kappa shape index (κ2) is 6.27. The summed E-state index contributed by atoms with van der Waals surface area (Å²) in [6.07, 6.45) is 0. The number of halogens is 4. The van der Waals surface area contributed by atoms with Crippen LogP contribution in [0.15, 0.2) is 41.3 Å². The second-order valence-corrected chi connectivity index (χ2v) is 6.73. The van der Waals surface area contributed by atoms with Crippen LogP contribution >= 0.6 is 23.2 Å². The summed E-state index contributed by atoms with van der Waals surface area (Å²) in [5.41, 5.74) is 0.274. The highest BCUT2D eigenvalue weighted by molar-refractivity contribution is 7.89. The molecular weight excluding hydrogens is 343 g/mol. The predicted octanol–water partition coefficient (Wildman–Crippen LogP) is 3.75. The van der Waals surface area contributed by atoms with Crippen LogP contribution in [0.5, 0.6) is 0 Å². The van der Waals surface area contributed by atoms with Crippen LogP contribution in [0.3, 0.4) is 0 Å². The van der Waals surface area contributed by atoms with Gasteiger partial charge in [0, 0.05) is 11.6 Å². The normalized spacial score (nSPS) is 11.6. The van der Waals surface area contributed by atoms with E-state index >= 15 is 0 Å². The minimum atomic E-state index is -3.92. The van der Waals surface area contributed by atoms with Crippen LogP contribution in [-0.2, 0) is 16.6 Å². The molecule has 0 saturated carbocycles. The lowest BCUT2D eigenvalue weighted by molar-refractivity contribution is 0.506. The van der Waals surface area contributed by atoms with Gasteiger partial charge in [-0.25, -0.2) is 21.9 Å². The molecule has 2 aromatic carbocycles. The van der Waals surface area contributed by atoms with Crippen molar-refractivity contribution in [1.82, 2.24) is 4.72 Å². The molecule has 0 atom stereocenters. The molecule has 3 nitrogen and oxygen atoms in total. The van der Waals surface area contributed by atoms with E-state index in [0.29, 0.717) is 0 Å². The summed E-state index contributed by atoms with van der Waals surface area (Å²) in [4.78, 5) is -0.181. The van der Waals surface area contributed by atoms with Gasteiger partial charge in [0.1, 0.15) is 4.90 Å². The van der Waals surface area contributed by atoms with Gasteiger partial charge >= 0.3 is 0 Å². The van der Waals surface area contributed by atoms with Crippen LogP contribution in [0.4, 0.5) is 8.78 Å². The van der Waals surface area contributed by atoms with E-state index in [9.17, 15) is 17.2 Å². The predicted molar refractivity (Wildman–Crippen MR) is 76.8 cm³/mol. The minimum absolute atomic E-state index is 0.0113. The lowest BCUT2D eigenvalue weighted by Gasteiger charge is -2.09. The Morgan fingerprint density at radius 2 is 1.71 bits per heavy atom. The number of sulfonamides is 1. The summed E-state index contributed by atoms with van der Waals surface area (Å²) < 4.78 is 52.3. The molecule has 0 bridgehead atoms. The number of hydrogen-bond donors (Lipinski definition) is 1. The van der Waals surface area contributed by atoms with Gasteiger partial charge in [0.05, 0.1) is 5.02 Å². The molecule has 8 heteroatoms. The van der Waals surface area contributed by atoms with E-state index in [1.807, 2.05) is 0 Å². The first kappa shape index (κ1) is 16.2. The molecule has 2 rings (SSSR count). The topological polar surface area (TPSA) is 46.2 Å². The van der Waals surface area contributed by atoms with Gasteiger partial charge in [-0.1, -0.05) is 29.3 Å². The van der Waals surface area contributed by atoms with Gasteiger partial charge in [-0.15, -0.1) is 0 Å². The Labute approximate surface area is 130 Å². The molecule has 0 radical (unpaired) electrons. The third kappa shape index (κ3) is 3.91. The highest BCUT2D eigenvalue weighted by atomic mass is 35.5. The Morgan fingerprint density at radius 3 is 2.38 bits per heavy atom. The molecule has 0 fully saturated rings. The Balaban J connectivity index is 2.21. The fourth-order valence-electron chi connectivity index (χ4n) is 1.59. The zero-order chi connectivity index (χ0) is 15.6. The van der Waals surface area contributed by atoms with Gasteiger partial charge in [0.25, 0.3) is 0 Å². The molecule has 0 heterocycles. The standard InChI is InChI=1S/C13H9Cl2F2NO2S/c14-9-2-3-10(15)13(6-9)21(19,20)18-7-8-1-4-11(16)12(17)5-8/h1-6,18H,7H2. The lowest BCUT2D eigenvalue weighted by atomic mass is 10.2. The molecule has 0 unspecified atom stereocenters. The number of benzene rings is 2.